The van der Waals surface area contributed by atoms with E-state index in [1.807, 2.05) is 17.7 Å². The number of aliphatic hydroxyl groups is 1. The van der Waals surface area contributed by atoms with Gasteiger partial charge >= 0.3 is 0 Å². The zero-order chi connectivity index (χ0) is 17.1. The number of rotatable bonds is 6. The van der Waals surface area contributed by atoms with E-state index in [9.17, 15) is 9.90 Å². The fourth-order valence-corrected chi connectivity index (χ4v) is 3.18. The predicted octanol–water partition coefficient (Wildman–Crippen LogP) is 1.00. The van der Waals surface area contributed by atoms with Gasteiger partial charge in [-0.15, -0.1) is 0 Å². The Kier molecular flexibility index (Phi) is 4.84. The molecule has 3 rings (SSSR count). The summed E-state index contributed by atoms with van der Waals surface area (Å²) in [5.74, 6) is 1.75. The molecule has 24 heavy (non-hydrogen) atoms. The van der Waals surface area contributed by atoms with Crippen molar-refractivity contribution in [2.24, 2.45) is 0 Å². The molecule has 130 valence electrons. The van der Waals surface area contributed by atoms with E-state index in [0.29, 0.717) is 18.1 Å². The van der Waals surface area contributed by atoms with Crippen LogP contribution in [0.15, 0.2) is 23.0 Å². The lowest BCUT2D eigenvalue weighted by molar-refractivity contribution is -0.122. The molecule has 0 saturated heterocycles. The molecule has 2 N–H and O–H groups in total. The lowest BCUT2D eigenvalue weighted by atomic mass is 10.1. The smallest absolute Gasteiger partial charge is 0.254 e. The van der Waals surface area contributed by atoms with E-state index in [4.69, 9.17) is 9.26 Å². The minimum Gasteiger partial charge on any atom is -0.479 e. The molecule has 0 aromatic carbocycles. The van der Waals surface area contributed by atoms with Crippen molar-refractivity contribution in [3.63, 3.8) is 0 Å². The zero-order valence-corrected chi connectivity index (χ0v) is 13.8. The normalized spacial score (nSPS) is 23.4. The minimum atomic E-state index is -0.618. The molecule has 1 amide bonds. The van der Waals surface area contributed by atoms with Crippen LogP contribution in [0.3, 0.4) is 0 Å². The second-order valence-corrected chi connectivity index (χ2v) is 6.03. The summed E-state index contributed by atoms with van der Waals surface area (Å²) < 4.78 is 12.0. The number of aromatic nitrogens is 3. The highest BCUT2D eigenvalue weighted by atomic mass is 16.5. The van der Waals surface area contributed by atoms with Crippen LogP contribution in [0.5, 0.6) is 5.88 Å². The van der Waals surface area contributed by atoms with Crippen LogP contribution in [0, 0.1) is 6.92 Å². The second-order valence-electron chi connectivity index (χ2n) is 6.03. The van der Waals surface area contributed by atoms with Crippen LogP contribution in [-0.2, 0) is 11.2 Å². The van der Waals surface area contributed by atoms with Crippen LogP contribution in [0.1, 0.15) is 36.9 Å². The Hall–Kier alpha value is -2.35. The first kappa shape index (κ1) is 16.5. The van der Waals surface area contributed by atoms with Crippen LogP contribution in [0.2, 0.25) is 0 Å². The van der Waals surface area contributed by atoms with Crippen molar-refractivity contribution in [1.82, 2.24) is 20.0 Å². The van der Waals surface area contributed by atoms with Gasteiger partial charge in [0.05, 0.1) is 25.3 Å². The Bertz CT molecular complexity index is 696. The maximum atomic E-state index is 12.1. The van der Waals surface area contributed by atoms with Gasteiger partial charge in [0.25, 0.3) is 5.88 Å². The number of ether oxygens (including phenoxy) is 1. The second kappa shape index (κ2) is 7.04. The van der Waals surface area contributed by atoms with Crippen LogP contribution >= 0.6 is 0 Å². The largest absolute Gasteiger partial charge is 0.479 e. The van der Waals surface area contributed by atoms with Gasteiger partial charge in [0, 0.05) is 31.3 Å². The average molecular weight is 334 g/mol. The van der Waals surface area contributed by atoms with E-state index >= 15 is 0 Å². The van der Waals surface area contributed by atoms with Gasteiger partial charge < -0.3 is 24.3 Å². The van der Waals surface area contributed by atoms with E-state index < -0.39 is 6.10 Å². The topological polar surface area (TPSA) is 102 Å². The quantitative estimate of drug-likeness (QED) is 0.817. The van der Waals surface area contributed by atoms with Gasteiger partial charge in [0.15, 0.2) is 0 Å². The van der Waals surface area contributed by atoms with Gasteiger partial charge in [-0.05, 0) is 24.9 Å². The number of amides is 1. The average Bonchev–Trinajstić information content (AvgIpc) is 3.27. The third kappa shape index (κ3) is 3.43. The van der Waals surface area contributed by atoms with Crippen molar-refractivity contribution in [1.29, 1.82) is 0 Å². The fourth-order valence-electron chi connectivity index (χ4n) is 3.18. The summed E-state index contributed by atoms with van der Waals surface area (Å²) in [6.45, 7) is 1.91. The van der Waals surface area contributed by atoms with Gasteiger partial charge in [-0.2, -0.15) is 0 Å². The molecule has 0 spiro atoms. The molecule has 0 bridgehead atoms. The number of nitrogens with zero attached hydrogens (tertiary/aromatic N) is 3. The number of aryl methyl sites for hydroxylation is 2. The van der Waals surface area contributed by atoms with Crippen LogP contribution < -0.4 is 10.1 Å². The van der Waals surface area contributed by atoms with Crippen molar-refractivity contribution in [3.8, 4) is 5.88 Å². The number of carbonyl (C=O) groups excluding carboxylic acids is 1. The summed E-state index contributed by atoms with van der Waals surface area (Å²) in [5, 5.41) is 17.1. The molecule has 1 saturated carbocycles. The first-order valence-corrected chi connectivity index (χ1v) is 8.05. The Labute approximate surface area is 139 Å². The van der Waals surface area contributed by atoms with E-state index in [-0.39, 0.29) is 24.4 Å². The summed E-state index contributed by atoms with van der Waals surface area (Å²) in [6, 6.07) is 1.38. The van der Waals surface area contributed by atoms with Gasteiger partial charge in [-0.25, -0.2) is 4.98 Å². The Morgan fingerprint density at radius 3 is 3.04 bits per heavy atom. The molecule has 2 aromatic rings. The van der Waals surface area contributed by atoms with Crippen LogP contribution in [0.4, 0.5) is 0 Å². The summed E-state index contributed by atoms with van der Waals surface area (Å²) in [4.78, 5) is 16.3. The lowest BCUT2D eigenvalue weighted by Gasteiger charge is -2.22. The molecule has 8 heteroatoms. The van der Waals surface area contributed by atoms with E-state index in [0.717, 1.165) is 18.7 Å². The van der Waals surface area contributed by atoms with Crippen LogP contribution in [-0.4, -0.2) is 45.0 Å². The van der Waals surface area contributed by atoms with Crippen molar-refractivity contribution in [2.45, 2.75) is 50.8 Å². The number of imidazole rings is 1. The zero-order valence-electron chi connectivity index (χ0n) is 13.8. The number of hydrogen-bond acceptors (Lipinski definition) is 6. The van der Waals surface area contributed by atoms with Gasteiger partial charge in [-0.3, -0.25) is 4.79 Å². The molecule has 0 unspecified atom stereocenters. The number of carbonyl (C=O) groups is 1. The summed E-state index contributed by atoms with van der Waals surface area (Å²) in [6.07, 6.45) is 5.23. The molecule has 1 aliphatic carbocycles. The molecule has 1 fully saturated rings. The fraction of sp³-hybridized carbons (Fsp3) is 0.562. The van der Waals surface area contributed by atoms with E-state index in [2.05, 4.69) is 15.5 Å². The maximum Gasteiger partial charge on any atom is 0.254 e. The third-order valence-electron chi connectivity index (χ3n) is 4.49. The van der Waals surface area contributed by atoms with E-state index in [1.165, 1.54) is 7.11 Å². The third-order valence-corrected chi connectivity index (χ3v) is 4.49. The van der Waals surface area contributed by atoms with Crippen LogP contribution in [0.25, 0.3) is 0 Å². The molecule has 3 atom stereocenters. The number of hydrogen-bond donors (Lipinski definition) is 2. The number of methoxy groups -OCH3 is 1. The first-order valence-electron chi connectivity index (χ1n) is 8.05. The van der Waals surface area contributed by atoms with Crippen molar-refractivity contribution in [2.75, 3.05) is 7.11 Å². The van der Waals surface area contributed by atoms with E-state index in [1.54, 1.807) is 12.3 Å². The summed E-state index contributed by atoms with van der Waals surface area (Å²) in [7, 11) is 1.51. The Morgan fingerprint density at radius 1 is 1.54 bits per heavy atom. The molecular weight excluding hydrogens is 312 g/mol. The highest BCUT2D eigenvalue weighted by molar-refractivity contribution is 5.76. The van der Waals surface area contributed by atoms with Gasteiger partial charge in [0.2, 0.25) is 5.91 Å². The number of aliphatic hydroxyl groups excluding tert-OH is 1. The van der Waals surface area contributed by atoms with Crippen molar-refractivity contribution < 1.29 is 19.2 Å². The van der Waals surface area contributed by atoms with Crippen molar-refractivity contribution >= 4 is 5.91 Å². The molecule has 0 aliphatic heterocycles. The maximum absolute atomic E-state index is 12.1. The highest BCUT2D eigenvalue weighted by Gasteiger charge is 2.37. The Morgan fingerprint density at radius 2 is 2.38 bits per heavy atom. The van der Waals surface area contributed by atoms with Crippen molar-refractivity contribution in [3.05, 3.63) is 30.0 Å². The Balaban J connectivity index is 1.50. The monoisotopic (exact) mass is 334 g/mol. The molecule has 2 heterocycles. The summed E-state index contributed by atoms with van der Waals surface area (Å²) >= 11 is 0. The number of nitrogens with one attached hydrogen (secondary N) is 1. The molecule has 8 nitrogen and oxygen atoms in total. The predicted molar refractivity (Wildman–Crippen MR) is 84.5 cm³/mol. The highest BCUT2D eigenvalue weighted by Crippen LogP contribution is 2.31. The molecule has 1 aliphatic rings. The molecule has 2 aromatic heterocycles. The SMILES string of the molecule is COc1cc(CCC(=O)N[C@@H]2CC[C@@H](n3ccnc3C)[C@@H]2O)on1. The van der Waals surface area contributed by atoms with Gasteiger partial charge in [0.1, 0.15) is 11.6 Å². The van der Waals surface area contributed by atoms with Gasteiger partial charge in [-0.1, -0.05) is 0 Å². The lowest BCUT2D eigenvalue weighted by Crippen LogP contribution is -2.42. The molecular formula is C16H22N4O4. The standard InChI is InChI=1S/C16H22N4O4/c1-10-17-7-8-20(10)13-5-4-12(16(13)22)18-14(21)6-3-11-9-15(23-2)19-24-11/h7-9,12-13,16,22H,3-6H2,1-2H3,(H,18,21)/t12-,13-,16-/m1/s1. The molecule has 0 radical (unpaired) electrons. The first-order chi connectivity index (χ1) is 11.6. The summed E-state index contributed by atoms with van der Waals surface area (Å²) in [5.41, 5.74) is 0. The minimum absolute atomic E-state index is 0.0451.